The van der Waals surface area contributed by atoms with E-state index in [0.29, 0.717) is 12.6 Å². The van der Waals surface area contributed by atoms with Crippen molar-refractivity contribution in [2.75, 3.05) is 33.9 Å². The first kappa shape index (κ1) is 19.6. The molecule has 1 amide bonds. The third-order valence-corrected chi connectivity index (χ3v) is 7.07. The molecule has 5 nitrogen and oxygen atoms in total. The molecule has 28 heavy (non-hydrogen) atoms. The van der Waals surface area contributed by atoms with E-state index in [0.717, 1.165) is 48.9 Å². The summed E-state index contributed by atoms with van der Waals surface area (Å²) in [4.78, 5) is 17.9. The van der Waals surface area contributed by atoms with Gasteiger partial charge in [0.25, 0.3) is 0 Å². The lowest BCUT2D eigenvalue weighted by Crippen LogP contribution is -2.51. The van der Waals surface area contributed by atoms with Gasteiger partial charge in [-0.15, -0.1) is 0 Å². The molecular weight excluding hydrogens is 352 g/mol. The highest BCUT2D eigenvalue weighted by atomic mass is 16.5. The molecule has 1 saturated carbocycles. The number of hydrogen-bond acceptors (Lipinski definition) is 4. The lowest BCUT2D eigenvalue weighted by Gasteiger charge is -2.44. The number of likely N-dealkylation sites (tertiary alicyclic amines) is 2. The summed E-state index contributed by atoms with van der Waals surface area (Å²) in [6.07, 6.45) is 9.92. The van der Waals surface area contributed by atoms with Gasteiger partial charge in [-0.3, -0.25) is 9.69 Å². The molecule has 0 spiro atoms. The van der Waals surface area contributed by atoms with Crippen molar-refractivity contribution in [2.24, 2.45) is 5.92 Å². The molecule has 0 bridgehead atoms. The number of fused-ring (bicyclic) bond motifs is 1. The second-order valence-electron chi connectivity index (χ2n) is 8.58. The van der Waals surface area contributed by atoms with Gasteiger partial charge < -0.3 is 14.4 Å². The van der Waals surface area contributed by atoms with Crippen LogP contribution in [-0.2, 0) is 4.79 Å². The molecule has 1 aromatic carbocycles. The van der Waals surface area contributed by atoms with Crippen molar-refractivity contribution in [3.05, 3.63) is 23.8 Å². The minimum absolute atomic E-state index is 0.0875. The van der Waals surface area contributed by atoms with E-state index in [1.54, 1.807) is 14.2 Å². The first-order valence-electron chi connectivity index (χ1n) is 11.0. The van der Waals surface area contributed by atoms with Gasteiger partial charge in [-0.1, -0.05) is 12.8 Å². The summed E-state index contributed by atoms with van der Waals surface area (Å²) >= 11 is 0. The minimum Gasteiger partial charge on any atom is -0.497 e. The van der Waals surface area contributed by atoms with Crippen LogP contribution in [0.15, 0.2) is 18.2 Å². The lowest BCUT2D eigenvalue weighted by atomic mass is 9.78. The molecule has 3 fully saturated rings. The molecule has 4 rings (SSSR count). The van der Waals surface area contributed by atoms with E-state index in [2.05, 4.69) is 9.80 Å². The number of hydrogen-bond donors (Lipinski definition) is 0. The van der Waals surface area contributed by atoms with Gasteiger partial charge in [0.1, 0.15) is 11.5 Å². The highest BCUT2D eigenvalue weighted by Gasteiger charge is 2.37. The predicted molar refractivity (Wildman–Crippen MR) is 110 cm³/mol. The number of methoxy groups -OCH3 is 2. The Labute approximate surface area is 169 Å². The zero-order chi connectivity index (χ0) is 19.5. The van der Waals surface area contributed by atoms with Crippen LogP contribution in [0.3, 0.4) is 0 Å². The van der Waals surface area contributed by atoms with Crippen LogP contribution in [0.4, 0.5) is 0 Å². The summed E-state index contributed by atoms with van der Waals surface area (Å²) in [7, 11) is 3.38. The Morgan fingerprint density at radius 2 is 1.79 bits per heavy atom. The number of ether oxygens (including phenoxy) is 2. The molecule has 1 aromatic rings. The van der Waals surface area contributed by atoms with Gasteiger partial charge in [0.05, 0.1) is 26.8 Å². The van der Waals surface area contributed by atoms with Crippen LogP contribution >= 0.6 is 0 Å². The largest absolute Gasteiger partial charge is 0.497 e. The van der Waals surface area contributed by atoms with Gasteiger partial charge in [0.2, 0.25) is 5.91 Å². The van der Waals surface area contributed by atoms with Crippen LogP contribution in [0.1, 0.15) is 63.0 Å². The summed E-state index contributed by atoms with van der Waals surface area (Å²) in [5.74, 6) is 2.74. The molecule has 2 heterocycles. The molecule has 3 unspecified atom stereocenters. The maximum Gasteiger partial charge on any atom is 0.237 e. The zero-order valence-corrected chi connectivity index (χ0v) is 17.4. The van der Waals surface area contributed by atoms with Crippen molar-refractivity contribution in [1.82, 2.24) is 9.80 Å². The monoisotopic (exact) mass is 386 g/mol. The molecule has 3 aliphatic rings. The van der Waals surface area contributed by atoms with E-state index in [1.165, 1.54) is 38.5 Å². The van der Waals surface area contributed by atoms with Crippen LogP contribution in [-0.4, -0.2) is 55.6 Å². The Morgan fingerprint density at radius 3 is 2.61 bits per heavy atom. The number of rotatable bonds is 5. The average molecular weight is 387 g/mol. The summed E-state index contributed by atoms with van der Waals surface area (Å²) < 4.78 is 11.0. The van der Waals surface area contributed by atoms with Crippen molar-refractivity contribution in [3.8, 4) is 11.5 Å². The first-order valence-corrected chi connectivity index (χ1v) is 11.0. The van der Waals surface area contributed by atoms with Crippen LogP contribution in [0, 0.1) is 5.92 Å². The SMILES string of the molecule is COc1ccc(OC)c(C2CCCN2C(=O)CN2CCCC3CCCCC32)c1. The summed E-state index contributed by atoms with van der Waals surface area (Å²) in [6, 6.07) is 6.61. The fourth-order valence-electron chi connectivity index (χ4n) is 5.68. The molecule has 0 radical (unpaired) electrons. The maximum atomic E-state index is 13.3. The van der Waals surface area contributed by atoms with Crippen molar-refractivity contribution >= 4 is 5.91 Å². The Balaban J connectivity index is 1.49. The predicted octanol–water partition coefficient (Wildman–Crippen LogP) is 4.02. The molecule has 2 saturated heterocycles. The van der Waals surface area contributed by atoms with Gasteiger partial charge in [0, 0.05) is 18.2 Å². The number of carbonyl (C=O) groups excluding carboxylic acids is 1. The van der Waals surface area contributed by atoms with Crippen LogP contribution in [0.5, 0.6) is 11.5 Å². The summed E-state index contributed by atoms with van der Waals surface area (Å²) in [5, 5.41) is 0. The molecule has 1 aliphatic carbocycles. The quantitative estimate of drug-likeness (QED) is 0.766. The van der Waals surface area contributed by atoms with Crippen molar-refractivity contribution in [3.63, 3.8) is 0 Å². The number of carbonyl (C=O) groups is 1. The van der Waals surface area contributed by atoms with Crippen molar-refractivity contribution in [1.29, 1.82) is 0 Å². The number of benzene rings is 1. The standard InChI is InChI=1S/C23H34N2O3/c1-27-18-11-12-22(28-2)19(15-18)21-10-6-14-25(21)23(26)16-24-13-5-8-17-7-3-4-9-20(17)24/h11-12,15,17,20-21H,3-10,13-14,16H2,1-2H3. The average Bonchev–Trinajstić information content (AvgIpc) is 3.23. The highest BCUT2D eigenvalue weighted by molar-refractivity contribution is 5.79. The Kier molecular flexibility index (Phi) is 6.10. The maximum absolute atomic E-state index is 13.3. The lowest BCUT2D eigenvalue weighted by molar-refractivity contribution is -0.135. The molecule has 2 aliphatic heterocycles. The molecule has 5 heteroatoms. The fourth-order valence-corrected chi connectivity index (χ4v) is 5.68. The van der Waals surface area contributed by atoms with Crippen LogP contribution in [0.25, 0.3) is 0 Å². The number of piperidine rings is 1. The normalized spacial score (nSPS) is 28.1. The van der Waals surface area contributed by atoms with Gasteiger partial charge in [-0.05, 0) is 69.2 Å². The Hall–Kier alpha value is -1.75. The molecular formula is C23H34N2O3. The molecule has 154 valence electrons. The Morgan fingerprint density at radius 1 is 1.00 bits per heavy atom. The first-order chi connectivity index (χ1) is 13.7. The van der Waals surface area contributed by atoms with Crippen molar-refractivity contribution < 1.29 is 14.3 Å². The van der Waals surface area contributed by atoms with E-state index < -0.39 is 0 Å². The van der Waals surface area contributed by atoms with Crippen LogP contribution < -0.4 is 9.47 Å². The van der Waals surface area contributed by atoms with Gasteiger partial charge in [0.15, 0.2) is 0 Å². The second-order valence-corrected chi connectivity index (χ2v) is 8.58. The Bertz CT molecular complexity index is 690. The highest BCUT2D eigenvalue weighted by Crippen LogP contribution is 2.40. The van der Waals surface area contributed by atoms with E-state index >= 15 is 0 Å². The number of nitrogens with zero attached hydrogens (tertiary/aromatic N) is 2. The minimum atomic E-state index is 0.0875. The van der Waals surface area contributed by atoms with Gasteiger partial charge in [-0.2, -0.15) is 0 Å². The molecule has 0 N–H and O–H groups in total. The topological polar surface area (TPSA) is 42.0 Å². The molecule has 0 aromatic heterocycles. The van der Waals surface area contributed by atoms with Gasteiger partial charge >= 0.3 is 0 Å². The third-order valence-electron chi connectivity index (χ3n) is 7.07. The fraction of sp³-hybridized carbons (Fsp3) is 0.696. The van der Waals surface area contributed by atoms with E-state index in [1.807, 2.05) is 18.2 Å². The van der Waals surface area contributed by atoms with E-state index in [4.69, 9.17) is 9.47 Å². The van der Waals surface area contributed by atoms with E-state index in [-0.39, 0.29) is 11.9 Å². The summed E-state index contributed by atoms with van der Waals surface area (Å²) in [5.41, 5.74) is 1.07. The number of amides is 1. The molecule has 3 atom stereocenters. The third kappa shape index (κ3) is 3.86. The van der Waals surface area contributed by atoms with Crippen molar-refractivity contribution in [2.45, 2.75) is 63.5 Å². The second kappa shape index (κ2) is 8.73. The zero-order valence-electron chi connectivity index (χ0n) is 17.4. The van der Waals surface area contributed by atoms with Gasteiger partial charge in [-0.25, -0.2) is 0 Å². The van der Waals surface area contributed by atoms with E-state index in [9.17, 15) is 4.79 Å². The summed E-state index contributed by atoms with van der Waals surface area (Å²) in [6.45, 7) is 2.49. The van der Waals surface area contributed by atoms with Crippen LogP contribution in [0.2, 0.25) is 0 Å². The smallest absolute Gasteiger partial charge is 0.237 e.